The molecule has 3 aromatic rings. The summed E-state index contributed by atoms with van der Waals surface area (Å²) in [4.78, 5) is 7.20. The molecule has 0 radical (unpaired) electrons. The molecule has 24 heavy (non-hydrogen) atoms. The zero-order valence-corrected chi connectivity index (χ0v) is 14.6. The van der Waals surface area contributed by atoms with E-state index in [0.29, 0.717) is 5.02 Å². The van der Waals surface area contributed by atoms with Crippen LogP contribution in [-0.4, -0.2) is 40.6 Å². The molecule has 124 valence electrons. The Morgan fingerprint density at radius 3 is 2.42 bits per heavy atom. The smallest absolute Gasteiger partial charge is 0.137 e. The summed E-state index contributed by atoms with van der Waals surface area (Å²) in [5.74, 6) is 0. The Morgan fingerprint density at radius 1 is 0.958 bits per heavy atom. The minimum atomic E-state index is 0.700. The van der Waals surface area contributed by atoms with E-state index in [-0.39, 0.29) is 0 Å². The number of benzene rings is 1. The van der Waals surface area contributed by atoms with Crippen molar-refractivity contribution >= 4 is 28.8 Å². The maximum Gasteiger partial charge on any atom is 0.137 e. The highest BCUT2D eigenvalue weighted by atomic mass is 35.5. The van der Waals surface area contributed by atoms with E-state index in [2.05, 4.69) is 9.30 Å². The first-order valence-electron chi connectivity index (χ1n) is 7.93. The van der Waals surface area contributed by atoms with Gasteiger partial charge in [0.2, 0.25) is 0 Å². The van der Waals surface area contributed by atoms with Crippen molar-refractivity contribution in [2.45, 2.75) is 6.54 Å². The molecule has 0 aliphatic carbocycles. The van der Waals surface area contributed by atoms with Crippen LogP contribution in [0.2, 0.25) is 10.0 Å². The van der Waals surface area contributed by atoms with E-state index in [1.807, 2.05) is 42.6 Å². The molecule has 1 aromatic carbocycles. The maximum atomic E-state index is 6.21. The van der Waals surface area contributed by atoms with Crippen LogP contribution >= 0.6 is 23.2 Å². The molecule has 0 spiro atoms. The summed E-state index contributed by atoms with van der Waals surface area (Å²) >= 11 is 12.2. The highest BCUT2D eigenvalue weighted by Crippen LogP contribution is 2.28. The van der Waals surface area contributed by atoms with Gasteiger partial charge in [0.1, 0.15) is 5.65 Å². The molecule has 0 amide bonds. The highest BCUT2D eigenvalue weighted by Gasteiger charge is 2.19. The molecule has 0 N–H and O–H groups in total. The summed E-state index contributed by atoms with van der Waals surface area (Å²) in [6, 6.07) is 11.6. The zero-order valence-electron chi connectivity index (χ0n) is 13.1. The summed E-state index contributed by atoms with van der Waals surface area (Å²) in [5, 5.41) is 1.42. The van der Waals surface area contributed by atoms with E-state index in [1.54, 1.807) is 0 Å². The minimum Gasteiger partial charge on any atom is -0.379 e. The van der Waals surface area contributed by atoms with Crippen molar-refractivity contribution in [2.75, 3.05) is 26.3 Å². The van der Waals surface area contributed by atoms with E-state index in [0.717, 1.165) is 60.5 Å². The monoisotopic (exact) mass is 361 g/mol. The number of rotatable bonds is 3. The molecule has 0 unspecified atom stereocenters. The van der Waals surface area contributed by atoms with Crippen LogP contribution in [0.4, 0.5) is 0 Å². The maximum absolute atomic E-state index is 6.21. The van der Waals surface area contributed by atoms with Gasteiger partial charge in [0, 0.05) is 36.4 Å². The zero-order chi connectivity index (χ0) is 16.5. The van der Waals surface area contributed by atoms with Crippen molar-refractivity contribution in [3.8, 4) is 11.3 Å². The molecule has 1 saturated heterocycles. The molecule has 2 aromatic heterocycles. The van der Waals surface area contributed by atoms with E-state index < -0.39 is 0 Å². The first-order valence-corrected chi connectivity index (χ1v) is 8.69. The summed E-state index contributed by atoms with van der Waals surface area (Å²) in [7, 11) is 0. The SMILES string of the molecule is Clc1ccc(-c2nc3ccc(Cl)cn3c2CN2CCOCC2)cc1. The first kappa shape index (κ1) is 15.9. The Morgan fingerprint density at radius 2 is 1.67 bits per heavy atom. The molecule has 1 fully saturated rings. The number of pyridine rings is 1. The molecule has 0 bridgehead atoms. The number of aromatic nitrogens is 2. The van der Waals surface area contributed by atoms with Crippen LogP contribution in [0.3, 0.4) is 0 Å². The number of ether oxygens (including phenoxy) is 1. The van der Waals surface area contributed by atoms with E-state index in [9.17, 15) is 0 Å². The van der Waals surface area contributed by atoms with Gasteiger partial charge in [-0.15, -0.1) is 0 Å². The molecule has 6 heteroatoms. The summed E-state index contributed by atoms with van der Waals surface area (Å²) in [6.07, 6.45) is 1.93. The molecule has 1 aliphatic rings. The van der Waals surface area contributed by atoms with E-state index in [4.69, 9.17) is 32.9 Å². The molecule has 0 saturated carbocycles. The standard InChI is InChI=1S/C18H17Cl2N3O/c19-14-3-1-13(2-4-14)18-16(12-22-7-9-24-10-8-22)23-11-15(20)5-6-17(23)21-18/h1-6,11H,7-10,12H2. The second kappa shape index (κ2) is 6.73. The Kier molecular flexibility index (Phi) is 4.46. The first-order chi connectivity index (χ1) is 11.7. The third-order valence-electron chi connectivity index (χ3n) is 4.28. The summed E-state index contributed by atoms with van der Waals surface area (Å²) < 4.78 is 7.54. The van der Waals surface area contributed by atoms with Gasteiger partial charge in [0.15, 0.2) is 0 Å². The van der Waals surface area contributed by atoms with Gasteiger partial charge < -0.3 is 9.14 Å². The predicted octanol–water partition coefficient (Wildman–Crippen LogP) is 4.14. The summed E-state index contributed by atoms with van der Waals surface area (Å²) in [6.45, 7) is 4.20. The van der Waals surface area contributed by atoms with Crippen LogP contribution in [0, 0.1) is 0 Å². The lowest BCUT2D eigenvalue weighted by Gasteiger charge is -2.26. The van der Waals surface area contributed by atoms with Gasteiger partial charge in [-0.25, -0.2) is 4.98 Å². The number of nitrogens with zero attached hydrogens (tertiary/aromatic N) is 3. The Labute approximate surface area is 150 Å². The third-order valence-corrected chi connectivity index (χ3v) is 4.75. The molecule has 4 rings (SSSR count). The van der Waals surface area contributed by atoms with Gasteiger partial charge >= 0.3 is 0 Å². The lowest BCUT2D eigenvalue weighted by Crippen LogP contribution is -2.36. The second-order valence-electron chi connectivity index (χ2n) is 5.88. The number of halogens is 2. The van der Waals surface area contributed by atoms with E-state index >= 15 is 0 Å². The van der Waals surface area contributed by atoms with Crippen LogP contribution < -0.4 is 0 Å². The van der Waals surface area contributed by atoms with Crippen molar-refractivity contribution in [3.05, 3.63) is 58.3 Å². The fourth-order valence-corrected chi connectivity index (χ4v) is 3.32. The fraction of sp³-hybridized carbons (Fsp3) is 0.278. The lowest BCUT2D eigenvalue weighted by atomic mass is 10.1. The number of hydrogen-bond acceptors (Lipinski definition) is 3. The third kappa shape index (κ3) is 3.15. The largest absolute Gasteiger partial charge is 0.379 e. The van der Waals surface area contributed by atoms with Crippen molar-refractivity contribution in [1.82, 2.24) is 14.3 Å². The van der Waals surface area contributed by atoms with Crippen molar-refractivity contribution in [1.29, 1.82) is 0 Å². The quantitative estimate of drug-likeness (QED) is 0.702. The molecule has 1 aliphatic heterocycles. The van der Waals surface area contributed by atoms with Gasteiger partial charge in [0.25, 0.3) is 0 Å². The number of fused-ring (bicyclic) bond motifs is 1. The molecule has 0 atom stereocenters. The average molecular weight is 362 g/mol. The summed E-state index contributed by atoms with van der Waals surface area (Å²) in [5.41, 5.74) is 4.06. The number of hydrogen-bond donors (Lipinski definition) is 0. The van der Waals surface area contributed by atoms with E-state index in [1.165, 1.54) is 0 Å². The number of morpholine rings is 1. The van der Waals surface area contributed by atoms with Crippen LogP contribution in [0.5, 0.6) is 0 Å². The van der Waals surface area contributed by atoms with Crippen molar-refractivity contribution < 1.29 is 4.74 Å². The normalized spacial score (nSPS) is 15.9. The Balaban J connectivity index is 1.81. The van der Waals surface area contributed by atoms with Crippen LogP contribution in [0.25, 0.3) is 16.9 Å². The number of imidazole rings is 1. The minimum absolute atomic E-state index is 0.700. The fourth-order valence-electron chi connectivity index (χ4n) is 3.03. The van der Waals surface area contributed by atoms with Gasteiger partial charge in [-0.3, -0.25) is 4.90 Å². The van der Waals surface area contributed by atoms with Gasteiger partial charge in [-0.05, 0) is 24.3 Å². The van der Waals surface area contributed by atoms with Gasteiger partial charge in [-0.1, -0.05) is 35.3 Å². The highest BCUT2D eigenvalue weighted by molar-refractivity contribution is 6.30. The average Bonchev–Trinajstić information content (AvgIpc) is 2.94. The van der Waals surface area contributed by atoms with Crippen molar-refractivity contribution in [3.63, 3.8) is 0 Å². The lowest BCUT2D eigenvalue weighted by molar-refractivity contribution is 0.0336. The van der Waals surface area contributed by atoms with Crippen LogP contribution in [0.1, 0.15) is 5.69 Å². The van der Waals surface area contributed by atoms with Gasteiger partial charge in [-0.2, -0.15) is 0 Å². The predicted molar refractivity (Wildman–Crippen MR) is 96.7 cm³/mol. The van der Waals surface area contributed by atoms with Gasteiger partial charge in [0.05, 0.1) is 29.6 Å². The van der Waals surface area contributed by atoms with Crippen molar-refractivity contribution in [2.24, 2.45) is 0 Å². The van der Waals surface area contributed by atoms with Crippen LogP contribution in [0.15, 0.2) is 42.6 Å². The molecule has 4 nitrogen and oxygen atoms in total. The molecular weight excluding hydrogens is 345 g/mol. The molecular formula is C18H17Cl2N3O. The molecule has 3 heterocycles. The van der Waals surface area contributed by atoms with Crippen LogP contribution in [-0.2, 0) is 11.3 Å². The topological polar surface area (TPSA) is 29.8 Å². The second-order valence-corrected chi connectivity index (χ2v) is 6.75. The Hall–Kier alpha value is -1.59. The Bertz CT molecular complexity index is 855.